The summed E-state index contributed by atoms with van der Waals surface area (Å²) in [6, 6.07) is 0. The molecule has 72 valence electrons. The summed E-state index contributed by atoms with van der Waals surface area (Å²) < 4.78 is 48.9. The SMILES string of the molecule is O[C@]1(C(F)(F)F)CCNC[C@H]1F. The Morgan fingerprint density at radius 3 is 2.33 bits per heavy atom. The minimum absolute atomic E-state index is 0.0174. The van der Waals surface area contributed by atoms with Gasteiger partial charge in [0.25, 0.3) is 0 Å². The van der Waals surface area contributed by atoms with Gasteiger partial charge in [0.15, 0.2) is 11.8 Å². The number of hydrogen-bond donors (Lipinski definition) is 2. The first-order chi connectivity index (χ1) is 5.38. The van der Waals surface area contributed by atoms with Crippen molar-refractivity contribution in [3.05, 3.63) is 0 Å². The van der Waals surface area contributed by atoms with Gasteiger partial charge in [-0.25, -0.2) is 4.39 Å². The van der Waals surface area contributed by atoms with Crippen molar-refractivity contribution in [1.29, 1.82) is 0 Å². The molecule has 2 N–H and O–H groups in total. The van der Waals surface area contributed by atoms with Crippen molar-refractivity contribution in [1.82, 2.24) is 5.32 Å². The van der Waals surface area contributed by atoms with Gasteiger partial charge in [-0.2, -0.15) is 13.2 Å². The number of aliphatic hydroxyl groups is 1. The third-order valence-electron chi connectivity index (χ3n) is 2.02. The fraction of sp³-hybridized carbons (Fsp3) is 1.00. The van der Waals surface area contributed by atoms with Crippen molar-refractivity contribution >= 4 is 0 Å². The molecule has 2 atom stereocenters. The lowest BCUT2D eigenvalue weighted by atomic mass is 9.90. The first-order valence-electron chi connectivity index (χ1n) is 3.52. The molecule has 0 amide bonds. The van der Waals surface area contributed by atoms with Crippen LogP contribution in [-0.4, -0.2) is 36.1 Å². The maximum Gasteiger partial charge on any atom is 0.420 e. The molecule has 0 aliphatic carbocycles. The van der Waals surface area contributed by atoms with Crippen molar-refractivity contribution in [3.8, 4) is 0 Å². The van der Waals surface area contributed by atoms with E-state index in [0.29, 0.717) is 0 Å². The average molecular weight is 187 g/mol. The minimum atomic E-state index is -4.88. The second-order valence-electron chi connectivity index (χ2n) is 2.84. The Kier molecular flexibility index (Phi) is 2.31. The molecule has 0 aromatic heterocycles. The third kappa shape index (κ3) is 1.40. The zero-order valence-corrected chi connectivity index (χ0v) is 6.16. The van der Waals surface area contributed by atoms with Gasteiger partial charge in [0.05, 0.1) is 0 Å². The molecule has 1 saturated heterocycles. The lowest BCUT2D eigenvalue weighted by Crippen LogP contribution is -2.60. The van der Waals surface area contributed by atoms with Gasteiger partial charge in [-0.3, -0.25) is 0 Å². The van der Waals surface area contributed by atoms with Gasteiger partial charge in [-0.1, -0.05) is 0 Å². The Labute approximate surface area is 66.6 Å². The Morgan fingerprint density at radius 2 is 2.00 bits per heavy atom. The van der Waals surface area contributed by atoms with Crippen molar-refractivity contribution in [3.63, 3.8) is 0 Å². The van der Waals surface area contributed by atoms with E-state index in [-0.39, 0.29) is 6.54 Å². The summed E-state index contributed by atoms with van der Waals surface area (Å²) >= 11 is 0. The van der Waals surface area contributed by atoms with E-state index in [4.69, 9.17) is 5.11 Å². The largest absolute Gasteiger partial charge is 0.420 e. The van der Waals surface area contributed by atoms with Crippen molar-refractivity contribution in [2.24, 2.45) is 0 Å². The van der Waals surface area contributed by atoms with Gasteiger partial charge in [0.1, 0.15) is 0 Å². The summed E-state index contributed by atoms with van der Waals surface area (Å²) in [5, 5.41) is 11.4. The maximum absolute atomic E-state index is 12.7. The van der Waals surface area contributed by atoms with Crippen molar-refractivity contribution < 1.29 is 22.7 Å². The summed E-state index contributed by atoms with van der Waals surface area (Å²) in [5.41, 5.74) is -3.15. The van der Waals surface area contributed by atoms with E-state index in [1.54, 1.807) is 0 Å². The van der Waals surface area contributed by atoms with E-state index < -0.39 is 30.9 Å². The molecule has 12 heavy (non-hydrogen) atoms. The molecule has 1 heterocycles. The fourth-order valence-corrected chi connectivity index (χ4v) is 1.15. The first-order valence-corrected chi connectivity index (χ1v) is 3.52. The predicted octanol–water partition coefficient (Wildman–Crippen LogP) is 0.611. The van der Waals surface area contributed by atoms with Gasteiger partial charge in [0, 0.05) is 13.0 Å². The second-order valence-corrected chi connectivity index (χ2v) is 2.84. The van der Waals surface area contributed by atoms with Gasteiger partial charge in [-0.15, -0.1) is 0 Å². The summed E-state index contributed by atoms with van der Waals surface area (Å²) in [5.74, 6) is 0. The molecular formula is C6H9F4NO. The standard InChI is InChI=1S/C6H9F4NO/c7-4-3-11-2-1-5(4,12)6(8,9)10/h4,11-12H,1-3H2/t4-,5-/m1/s1. The molecule has 1 rings (SSSR count). The predicted molar refractivity (Wildman–Crippen MR) is 33.4 cm³/mol. The zero-order chi connectivity index (χ0) is 9.41. The van der Waals surface area contributed by atoms with E-state index in [2.05, 4.69) is 5.32 Å². The topological polar surface area (TPSA) is 32.3 Å². The molecule has 6 heteroatoms. The van der Waals surface area contributed by atoms with Crippen LogP contribution in [0.2, 0.25) is 0 Å². The van der Waals surface area contributed by atoms with Crippen LogP contribution in [0.4, 0.5) is 17.6 Å². The summed E-state index contributed by atoms with van der Waals surface area (Å²) in [4.78, 5) is 0. The smallest absolute Gasteiger partial charge is 0.378 e. The number of halogens is 4. The Morgan fingerprint density at radius 1 is 1.42 bits per heavy atom. The Balaban J connectivity index is 2.79. The highest BCUT2D eigenvalue weighted by Crippen LogP contribution is 2.38. The van der Waals surface area contributed by atoms with E-state index in [1.807, 2.05) is 0 Å². The third-order valence-corrected chi connectivity index (χ3v) is 2.02. The molecule has 0 unspecified atom stereocenters. The average Bonchev–Trinajstić information content (AvgIpc) is 1.93. The molecule has 0 aromatic rings. The number of alkyl halides is 4. The molecule has 2 nitrogen and oxygen atoms in total. The van der Waals surface area contributed by atoms with Crippen molar-refractivity contribution in [2.75, 3.05) is 13.1 Å². The van der Waals surface area contributed by atoms with Crippen LogP contribution in [-0.2, 0) is 0 Å². The Hall–Kier alpha value is -0.360. The summed E-state index contributed by atoms with van der Waals surface area (Å²) in [6.07, 6.45) is -7.78. The number of hydrogen-bond acceptors (Lipinski definition) is 2. The van der Waals surface area contributed by atoms with Crippen LogP contribution in [0, 0.1) is 0 Å². The molecule has 1 aliphatic heterocycles. The van der Waals surface area contributed by atoms with Crippen LogP contribution in [0.3, 0.4) is 0 Å². The van der Waals surface area contributed by atoms with Crippen LogP contribution in [0.25, 0.3) is 0 Å². The first kappa shape index (κ1) is 9.73. The zero-order valence-electron chi connectivity index (χ0n) is 6.16. The van der Waals surface area contributed by atoms with Crippen LogP contribution in [0.15, 0.2) is 0 Å². The molecular weight excluding hydrogens is 178 g/mol. The van der Waals surface area contributed by atoms with Crippen LogP contribution in [0.1, 0.15) is 6.42 Å². The van der Waals surface area contributed by atoms with Gasteiger partial charge in [-0.05, 0) is 6.54 Å². The van der Waals surface area contributed by atoms with Crippen LogP contribution >= 0.6 is 0 Å². The van der Waals surface area contributed by atoms with Gasteiger partial charge < -0.3 is 10.4 Å². The fourth-order valence-electron chi connectivity index (χ4n) is 1.15. The molecule has 0 radical (unpaired) electrons. The minimum Gasteiger partial charge on any atom is -0.378 e. The number of piperidine rings is 1. The van der Waals surface area contributed by atoms with E-state index in [0.717, 1.165) is 0 Å². The van der Waals surface area contributed by atoms with Crippen molar-refractivity contribution in [2.45, 2.75) is 24.4 Å². The molecule has 0 bridgehead atoms. The summed E-state index contributed by atoms with van der Waals surface area (Å²) in [7, 11) is 0. The van der Waals surface area contributed by atoms with Crippen LogP contribution < -0.4 is 5.32 Å². The lowest BCUT2D eigenvalue weighted by Gasteiger charge is -2.36. The second kappa shape index (κ2) is 2.85. The van der Waals surface area contributed by atoms with Gasteiger partial charge in [0.2, 0.25) is 0 Å². The molecule has 1 aliphatic rings. The molecule has 0 saturated carbocycles. The number of rotatable bonds is 0. The normalized spacial score (nSPS) is 38.2. The highest BCUT2D eigenvalue weighted by molar-refractivity contribution is 4.97. The highest BCUT2D eigenvalue weighted by atomic mass is 19.4. The van der Waals surface area contributed by atoms with E-state index in [1.165, 1.54) is 0 Å². The molecule has 0 aromatic carbocycles. The summed E-state index contributed by atoms with van der Waals surface area (Å²) in [6.45, 7) is -0.466. The molecule has 0 spiro atoms. The van der Waals surface area contributed by atoms with E-state index in [9.17, 15) is 17.6 Å². The number of nitrogens with one attached hydrogen (secondary N) is 1. The Bertz CT molecular complexity index is 171. The van der Waals surface area contributed by atoms with Crippen LogP contribution in [0.5, 0.6) is 0 Å². The quantitative estimate of drug-likeness (QED) is 0.544. The highest BCUT2D eigenvalue weighted by Gasteiger charge is 2.59. The van der Waals surface area contributed by atoms with E-state index >= 15 is 0 Å². The molecule has 1 fully saturated rings. The monoisotopic (exact) mass is 187 g/mol. The lowest BCUT2D eigenvalue weighted by molar-refractivity contribution is -0.286. The maximum atomic E-state index is 12.7. The van der Waals surface area contributed by atoms with Gasteiger partial charge >= 0.3 is 6.18 Å².